The summed E-state index contributed by atoms with van der Waals surface area (Å²) in [5, 5.41) is 7.00. The number of ether oxygens (including phenoxy) is 1. The molecule has 2 N–H and O–H groups in total. The van der Waals surface area contributed by atoms with Crippen molar-refractivity contribution in [1.29, 1.82) is 0 Å². The Hall–Kier alpha value is -0.0800. The number of hydrogen-bond acceptors (Lipinski definition) is 3. The predicted octanol–water partition coefficient (Wildman–Crippen LogP) is 3.10. The number of nitrogens with one attached hydrogen (secondary N) is 2. The topological polar surface area (TPSA) is 48.9 Å². The lowest BCUT2D eigenvalue weighted by molar-refractivity contribution is 0.120. The van der Waals surface area contributed by atoms with Crippen LogP contribution in [0.1, 0.15) is 52.4 Å². The molecular formula is C19H39IN4O. The van der Waals surface area contributed by atoms with E-state index in [1.165, 1.54) is 51.6 Å². The molecule has 1 heterocycles. The van der Waals surface area contributed by atoms with Crippen molar-refractivity contribution in [2.24, 2.45) is 16.3 Å². The average Bonchev–Trinajstić information content (AvgIpc) is 2.58. The summed E-state index contributed by atoms with van der Waals surface area (Å²) >= 11 is 0. The number of halogens is 1. The van der Waals surface area contributed by atoms with Crippen molar-refractivity contribution in [3.63, 3.8) is 0 Å². The highest BCUT2D eigenvalue weighted by Crippen LogP contribution is 2.43. The molecule has 0 radical (unpaired) electrons. The molecule has 0 aromatic rings. The molecule has 0 atom stereocenters. The summed E-state index contributed by atoms with van der Waals surface area (Å²) in [6.45, 7) is 11.7. The highest BCUT2D eigenvalue weighted by atomic mass is 127. The monoisotopic (exact) mass is 466 g/mol. The van der Waals surface area contributed by atoms with E-state index < -0.39 is 0 Å². The standard InChI is InChI=1S/C19H38N4O.HI/c1-4-19(9-6-10-19)16-22-18(20-5-2)21-15-17-7-11-23(12-8-17)13-14-24-3;/h17H,4-16H2,1-3H3,(H2,20,21,22);1H. The Labute approximate surface area is 171 Å². The van der Waals surface area contributed by atoms with Crippen molar-refractivity contribution in [3.05, 3.63) is 0 Å². The van der Waals surface area contributed by atoms with Crippen molar-refractivity contribution < 1.29 is 4.74 Å². The third kappa shape index (κ3) is 7.59. The zero-order chi connectivity index (χ0) is 17.3. The summed E-state index contributed by atoms with van der Waals surface area (Å²) in [5.74, 6) is 1.77. The van der Waals surface area contributed by atoms with Crippen LogP contribution in [0.25, 0.3) is 0 Å². The van der Waals surface area contributed by atoms with Crippen LogP contribution in [0.5, 0.6) is 0 Å². The Morgan fingerprint density at radius 3 is 2.44 bits per heavy atom. The van der Waals surface area contributed by atoms with Gasteiger partial charge in [0.1, 0.15) is 0 Å². The Balaban J connectivity index is 0.00000312. The fourth-order valence-corrected chi connectivity index (χ4v) is 3.76. The lowest BCUT2D eigenvalue weighted by Gasteiger charge is -2.40. The van der Waals surface area contributed by atoms with Gasteiger partial charge in [0, 0.05) is 33.3 Å². The molecule has 0 bridgehead atoms. The molecule has 0 amide bonds. The van der Waals surface area contributed by atoms with Crippen molar-refractivity contribution in [2.45, 2.75) is 52.4 Å². The number of likely N-dealkylation sites (tertiary alicyclic amines) is 1. The zero-order valence-corrected chi connectivity index (χ0v) is 18.8. The van der Waals surface area contributed by atoms with Gasteiger partial charge in [0.15, 0.2) is 5.96 Å². The van der Waals surface area contributed by atoms with Crippen LogP contribution in [0, 0.1) is 11.3 Å². The second kappa shape index (κ2) is 12.3. The summed E-state index contributed by atoms with van der Waals surface area (Å²) in [5.41, 5.74) is 0.495. The van der Waals surface area contributed by atoms with Gasteiger partial charge in [-0.2, -0.15) is 0 Å². The van der Waals surface area contributed by atoms with Gasteiger partial charge in [-0.05, 0) is 63.5 Å². The number of guanidine groups is 1. The average molecular weight is 466 g/mol. The summed E-state index contributed by atoms with van der Waals surface area (Å²) < 4.78 is 5.18. The number of rotatable bonds is 9. The van der Waals surface area contributed by atoms with Crippen LogP contribution in [-0.2, 0) is 4.74 Å². The van der Waals surface area contributed by atoms with E-state index in [2.05, 4.69) is 29.4 Å². The smallest absolute Gasteiger partial charge is 0.191 e. The van der Waals surface area contributed by atoms with Crippen LogP contribution in [0.2, 0.25) is 0 Å². The van der Waals surface area contributed by atoms with E-state index in [0.717, 1.165) is 44.7 Å². The highest BCUT2D eigenvalue weighted by Gasteiger charge is 2.34. The first kappa shape index (κ1) is 23.0. The quantitative estimate of drug-likeness (QED) is 0.312. The van der Waals surface area contributed by atoms with Crippen molar-refractivity contribution in [2.75, 3.05) is 53.0 Å². The van der Waals surface area contributed by atoms with Crippen LogP contribution in [0.3, 0.4) is 0 Å². The maximum absolute atomic E-state index is 5.18. The third-order valence-electron chi connectivity index (χ3n) is 5.96. The minimum atomic E-state index is 0. The lowest BCUT2D eigenvalue weighted by Crippen LogP contribution is -2.44. The van der Waals surface area contributed by atoms with Crippen LogP contribution < -0.4 is 10.6 Å². The van der Waals surface area contributed by atoms with E-state index in [1.807, 2.05) is 0 Å². The van der Waals surface area contributed by atoms with Crippen LogP contribution in [-0.4, -0.2) is 63.8 Å². The zero-order valence-electron chi connectivity index (χ0n) is 16.5. The Morgan fingerprint density at radius 1 is 1.20 bits per heavy atom. The first-order valence-electron chi connectivity index (χ1n) is 9.95. The van der Waals surface area contributed by atoms with E-state index in [-0.39, 0.29) is 24.0 Å². The maximum Gasteiger partial charge on any atom is 0.191 e. The molecule has 148 valence electrons. The maximum atomic E-state index is 5.18. The molecule has 0 unspecified atom stereocenters. The van der Waals surface area contributed by atoms with Crippen LogP contribution in [0.15, 0.2) is 4.99 Å². The Bertz CT molecular complexity index is 374. The molecule has 1 saturated heterocycles. The first-order valence-corrected chi connectivity index (χ1v) is 9.95. The molecule has 0 aromatic heterocycles. The number of hydrogen-bond donors (Lipinski definition) is 2. The molecule has 1 saturated carbocycles. The van der Waals surface area contributed by atoms with E-state index in [0.29, 0.717) is 5.41 Å². The largest absolute Gasteiger partial charge is 0.383 e. The SMILES string of the molecule is CCNC(=NCC1(CC)CCC1)NCC1CCN(CCOC)CC1.I. The third-order valence-corrected chi connectivity index (χ3v) is 5.96. The second-order valence-electron chi connectivity index (χ2n) is 7.56. The second-order valence-corrected chi connectivity index (χ2v) is 7.56. The van der Waals surface area contributed by atoms with Crippen LogP contribution >= 0.6 is 24.0 Å². The number of methoxy groups -OCH3 is 1. The molecule has 0 aromatic carbocycles. The van der Waals surface area contributed by atoms with Gasteiger partial charge < -0.3 is 20.3 Å². The molecule has 1 aliphatic carbocycles. The van der Waals surface area contributed by atoms with Gasteiger partial charge in [0.25, 0.3) is 0 Å². The summed E-state index contributed by atoms with van der Waals surface area (Å²) in [6.07, 6.45) is 7.90. The molecule has 0 spiro atoms. The molecule has 6 heteroatoms. The highest BCUT2D eigenvalue weighted by molar-refractivity contribution is 14.0. The fraction of sp³-hybridized carbons (Fsp3) is 0.947. The van der Waals surface area contributed by atoms with Crippen molar-refractivity contribution >= 4 is 29.9 Å². The molecule has 2 rings (SSSR count). The Morgan fingerprint density at radius 2 is 1.92 bits per heavy atom. The molecule has 25 heavy (non-hydrogen) atoms. The Kier molecular flexibility index (Phi) is 11.3. The molecule has 2 aliphatic rings. The molecule has 2 fully saturated rings. The summed E-state index contributed by atoms with van der Waals surface area (Å²) in [6, 6.07) is 0. The first-order chi connectivity index (χ1) is 11.7. The number of nitrogens with zero attached hydrogens (tertiary/aromatic N) is 2. The minimum Gasteiger partial charge on any atom is -0.383 e. The summed E-state index contributed by atoms with van der Waals surface area (Å²) in [4.78, 5) is 7.40. The lowest BCUT2D eigenvalue weighted by atomic mass is 9.67. The minimum absolute atomic E-state index is 0. The van der Waals surface area contributed by atoms with E-state index >= 15 is 0 Å². The van der Waals surface area contributed by atoms with Gasteiger partial charge >= 0.3 is 0 Å². The molecular weight excluding hydrogens is 427 g/mol. The van der Waals surface area contributed by atoms with Gasteiger partial charge in [-0.1, -0.05) is 13.3 Å². The molecule has 5 nitrogen and oxygen atoms in total. The predicted molar refractivity (Wildman–Crippen MR) is 117 cm³/mol. The van der Waals surface area contributed by atoms with Gasteiger partial charge in [0.05, 0.1) is 6.61 Å². The van der Waals surface area contributed by atoms with E-state index in [9.17, 15) is 0 Å². The normalized spacial score (nSPS) is 21.3. The van der Waals surface area contributed by atoms with Gasteiger partial charge in [-0.15, -0.1) is 24.0 Å². The van der Waals surface area contributed by atoms with Crippen molar-refractivity contribution in [1.82, 2.24) is 15.5 Å². The van der Waals surface area contributed by atoms with E-state index in [4.69, 9.17) is 9.73 Å². The fourth-order valence-electron chi connectivity index (χ4n) is 3.76. The summed E-state index contributed by atoms with van der Waals surface area (Å²) in [7, 11) is 1.78. The van der Waals surface area contributed by atoms with E-state index in [1.54, 1.807) is 7.11 Å². The van der Waals surface area contributed by atoms with Gasteiger partial charge in [-0.3, -0.25) is 4.99 Å². The van der Waals surface area contributed by atoms with Crippen molar-refractivity contribution in [3.8, 4) is 0 Å². The molecule has 1 aliphatic heterocycles. The van der Waals surface area contributed by atoms with Gasteiger partial charge in [-0.25, -0.2) is 0 Å². The number of piperidine rings is 1. The number of aliphatic imine (C=N–C) groups is 1. The van der Waals surface area contributed by atoms with Gasteiger partial charge in [0.2, 0.25) is 0 Å². The van der Waals surface area contributed by atoms with Crippen LogP contribution in [0.4, 0.5) is 0 Å².